The number of amides is 1. The summed E-state index contributed by atoms with van der Waals surface area (Å²) in [6, 6.07) is 12.9. The lowest BCUT2D eigenvalue weighted by Gasteiger charge is -2.18. The number of carbonyl (C=O) groups excluding carboxylic acids is 1. The normalized spacial score (nSPS) is 10.2. The summed E-state index contributed by atoms with van der Waals surface area (Å²) in [4.78, 5) is 18.1. The predicted molar refractivity (Wildman–Crippen MR) is 80.7 cm³/mol. The van der Waals surface area contributed by atoms with E-state index in [2.05, 4.69) is 20.9 Å². The van der Waals surface area contributed by atoms with E-state index in [1.165, 1.54) is 0 Å². The van der Waals surface area contributed by atoms with Gasteiger partial charge in [0.1, 0.15) is 16.0 Å². The second kappa shape index (κ2) is 6.52. The van der Waals surface area contributed by atoms with Crippen LogP contribution in [0.15, 0.2) is 47.1 Å². The molecule has 2 rings (SSSR count). The van der Waals surface area contributed by atoms with Crippen LogP contribution >= 0.6 is 15.9 Å². The Morgan fingerprint density at radius 1 is 1.25 bits per heavy atom. The van der Waals surface area contributed by atoms with Gasteiger partial charge >= 0.3 is 0 Å². The molecule has 0 fully saturated rings. The fourth-order valence-electron chi connectivity index (χ4n) is 1.88. The zero-order valence-corrected chi connectivity index (χ0v) is 12.9. The lowest BCUT2D eigenvalue weighted by atomic mass is 10.2. The first-order valence-electron chi connectivity index (χ1n) is 6.11. The van der Waals surface area contributed by atoms with Crippen LogP contribution in [0.1, 0.15) is 16.1 Å². The fraction of sp³-hybridized carbons (Fsp3) is 0.200. The minimum absolute atomic E-state index is 0.128. The number of carbonyl (C=O) groups is 1. The zero-order chi connectivity index (χ0) is 14.5. The highest BCUT2D eigenvalue weighted by Crippen LogP contribution is 2.19. The Hall–Kier alpha value is -1.88. The molecule has 1 aromatic carbocycles. The van der Waals surface area contributed by atoms with Gasteiger partial charge < -0.3 is 9.64 Å². The topological polar surface area (TPSA) is 42.4 Å². The van der Waals surface area contributed by atoms with Crippen LogP contribution in [-0.2, 0) is 6.54 Å². The predicted octanol–water partition coefficient (Wildman–Crippen LogP) is 3.12. The third-order valence-electron chi connectivity index (χ3n) is 2.88. The van der Waals surface area contributed by atoms with E-state index in [1.54, 1.807) is 37.3 Å². The summed E-state index contributed by atoms with van der Waals surface area (Å²) in [5.74, 6) is 0.645. The van der Waals surface area contributed by atoms with Crippen LogP contribution in [0.5, 0.6) is 5.75 Å². The number of halogens is 1. The molecule has 0 bridgehead atoms. The molecule has 1 amide bonds. The lowest BCUT2D eigenvalue weighted by molar-refractivity contribution is 0.0778. The van der Waals surface area contributed by atoms with Crippen LogP contribution in [0.25, 0.3) is 0 Å². The molecule has 20 heavy (non-hydrogen) atoms. The number of methoxy groups -OCH3 is 1. The summed E-state index contributed by atoms with van der Waals surface area (Å²) < 4.78 is 5.94. The fourth-order valence-corrected chi connectivity index (χ4v) is 2.23. The Morgan fingerprint density at radius 3 is 2.70 bits per heavy atom. The molecule has 0 spiro atoms. The van der Waals surface area contributed by atoms with Crippen molar-refractivity contribution in [3.8, 4) is 5.75 Å². The minimum Gasteiger partial charge on any atom is -0.496 e. The van der Waals surface area contributed by atoms with Gasteiger partial charge in [-0.1, -0.05) is 24.3 Å². The molecule has 1 heterocycles. The van der Waals surface area contributed by atoms with Gasteiger partial charge in [0.15, 0.2) is 0 Å². The van der Waals surface area contributed by atoms with Crippen LogP contribution in [-0.4, -0.2) is 29.9 Å². The Labute approximate surface area is 126 Å². The summed E-state index contributed by atoms with van der Waals surface area (Å²) in [5.41, 5.74) is 1.37. The summed E-state index contributed by atoms with van der Waals surface area (Å²) >= 11 is 3.27. The van der Waals surface area contributed by atoms with Crippen molar-refractivity contribution in [1.82, 2.24) is 9.88 Å². The Morgan fingerprint density at radius 2 is 2.00 bits per heavy atom. The van der Waals surface area contributed by atoms with Crippen LogP contribution < -0.4 is 4.74 Å². The molecular weight excluding hydrogens is 320 g/mol. The standard InChI is InChI=1S/C15H15BrN2O2/c1-18(10-11-6-3-4-8-13(11)20-2)15(19)12-7-5-9-14(16)17-12/h3-9H,10H2,1-2H3. The molecule has 0 atom stereocenters. The van der Waals surface area contributed by atoms with Crippen molar-refractivity contribution in [2.45, 2.75) is 6.54 Å². The van der Waals surface area contributed by atoms with E-state index in [9.17, 15) is 4.79 Å². The quantitative estimate of drug-likeness (QED) is 0.807. The van der Waals surface area contributed by atoms with Gasteiger partial charge in [-0.3, -0.25) is 4.79 Å². The van der Waals surface area contributed by atoms with Gasteiger partial charge in [-0.2, -0.15) is 0 Å². The molecule has 0 N–H and O–H groups in total. The number of rotatable bonds is 4. The number of ether oxygens (including phenoxy) is 1. The summed E-state index contributed by atoms with van der Waals surface area (Å²) in [6.45, 7) is 0.469. The van der Waals surface area contributed by atoms with Crippen molar-refractivity contribution in [2.24, 2.45) is 0 Å². The molecule has 1 aromatic heterocycles. The highest BCUT2D eigenvalue weighted by atomic mass is 79.9. The van der Waals surface area contributed by atoms with Gasteiger partial charge in [0.25, 0.3) is 5.91 Å². The largest absolute Gasteiger partial charge is 0.496 e. The second-order valence-electron chi connectivity index (χ2n) is 4.32. The van der Waals surface area contributed by atoms with E-state index >= 15 is 0 Å². The summed E-state index contributed by atoms with van der Waals surface area (Å²) in [6.07, 6.45) is 0. The molecule has 0 saturated heterocycles. The molecule has 0 aliphatic rings. The molecule has 0 aliphatic carbocycles. The Kier molecular flexibility index (Phi) is 4.74. The first-order valence-corrected chi connectivity index (χ1v) is 6.91. The Balaban J connectivity index is 2.15. The molecule has 104 valence electrons. The van der Waals surface area contributed by atoms with Gasteiger partial charge in [0.05, 0.1) is 7.11 Å². The molecule has 5 heteroatoms. The van der Waals surface area contributed by atoms with Crippen LogP contribution in [0.3, 0.4) is 0 Å². The van der Waals surface area contributed by atoms with Gasteiger partial charge in [-0.05, 0) is 34.1 Å². The van der Waals surface area contributed by atoms with Crippen molar-refractivity contribution in [2.75, 3.05) is 14.2 Å². The molecule has 0 radical (unpaired) electrons. The van der Waals surface area contributed by atoms with Crippen LogP contribution in [0.4, 0.5) is 0 Å². The highest BCUT2D eigenvalue weighted by molar-refractivity contribution is 9.10. The lowest BCUT2D eigenvalue weighted by Crippen LogP contribution is -2.27. The number of aromatic nitrogens is 1. The molecule has 0 aliphatic heterocycles. The number of benzene rings is 1. The van der Waals surface area contributed by atoms with Gasteiger partial charge in [-0.25, -0.2) is 4.98 Å². The van der Waals surface area contributed by atoms with Gasteiger partial charge in [0.2, 0.25) is 0 Å². The number of hydrogen-bond donors (Lipinski definition) is 0. The smallest absolute Gasteiger partial charge is 0.272 e. The number of nitrogens with zero attached hydrogens (tertiary/aromatic N) is 2. The average molecular weight is 335 g/mol. The van der Waals surface area contributed by atoms with E-state index in [4.69, 9.17) is 4.74 Å². The third-order valence-corrected chi connectivity index (χ3v) is 3.32. The monoisotopic (exact) mass is 334 g/mol. The van der Waals surface area contributed by atoms with E-state index in [0.29, 0.717) is 16.8 Å². The molecule has 0 unspecified atom stereocenters. The molecule has 4 nitrogen and oxygen atoms in total. The minimum atomic E-state index is -0.128. The van der Waals surface area contributed by atoms with Crippen molar-refractivity contribution >= 4 is 21.8 Å². The first kappa shape index (κ1) is 14.5. The van der Waals surface area contributed by atoms with Gasteiger partial charge in [-0.15, -0.1) is 0 Å². The summed E-state index contributed by atoms with van der Waals surface area (Å²) in [7, 11) is 3.37. The van der Waals surface area contributed by atoms with E-state index < -0.39 is 0 Å². The van der Waals surface area contributed by atoms with Crippen molar-refractivity contribution < 1.29 is 9.53 Å². The van der Waals surface area contributed by atoms with Crippen molar-refractivity contribution in [3.63, 3.8) is 0 Å². The maximum atomic E-state index is 12.3. The van der Waals surface area contributed by atoms with E-state index in [0.717, 1.165) is 11.3 Å². The van der Waals surface area contributed by atoms with Crippen molar-refractivity contribution in [3.05, 3.63) is 58.3 Å². The third kappa shape index (κ3) is 3.36. The average Bonchev–Trinajstić information content (AvgIpc) is 2.47. The molecule has 2 aromatic rings. The second-order valence-corrected chi connectivity index (χ2v) is 5.13. The maximum Gasteiger partial charge on any atom is 0.272 e. The van der Waals surface area contributed by atoms with Gasteiger partial charge in [0, 0.05) is 19.2 Å². The van der Waals surface area contributed by atoms with E-state index in [1.807, 2.05) is 24.3 Å². The number of hydrogen-bond acceptors (Lipinski definition) is 3. The SMILES string of the molecule is COc1ccccc1CN(C)C(=O)c1cccc(Br)n1. The number of para-hydroxylation sites is 1. The molecule has 0 saturated carbocycles. The first-order chi connectivity index (χ1) is 9.61. The van der Waals surface area contributed by atoms with E-state index in [-0.39, 0.29) is 5.91 Å². The molecular formula is C15H15BrN2O2. The van der Waals surface area contributed by atoms with Crippen LogP contribution in [0, 0.1) is 0 Å². The Bertz CT molecular complexity index is 616. The zero-order valence-electron chi connectivity index (χ0n) is 11.3. The summed E-state index contributed by atoms with van der Waals surface area (Å²) in [5, 5.41) is 0. The maximum absolute atomic E-state index is 12.3. The highest BCUT2D eigenvalue weighted by Gasteiger charge is 2.15. The van der Waals surface area contributed by atoms with Crippen molar-refractivity contribution in [1.29, 1.82) is 0 Å². The van der Waals surface area contributed by atoms with Crippen LogP contribution in [0.2, 0.25) is 0 Å². The number of pyridine rings is 1.